The second kappa shape index (κ2) is 9.20. The Balaban J connectivity index is 3.71. The number of rotatable bonds is 9. The van der Waals surface area contributed by atoms with E-state index in [2.05, 4.69) is 20.1 Å². The lowest BCUT2D eigenvalue weighted by Crippen LogP contribution is -2.16. The molecule has 0 amide bonds. The second-order valence-corrected chi connectivity index (χ2v) is 4.16. The zero-order chi connectivity index (χ0) is 12.4. The minimum Gasteiger partial charge on any atom is -0.455 e. The first-order valence-electron chi connectivity index (χ1n) is 6.10. The molecule has 92 valence electrons. The van der Waals surface area contributed by atoms with E-state index in [9.17, 15) is 4.79 Å². The maximum absolute atomic E-state index is 11.3. The highest BCUT2D eigenvalue weighted by Crippen LogP contribution is 2.11. The van der Waals surface area contributed by atoms with Crippen molar-refractivity contribution in [1.29, 1.82) is 0 Å². The van der Waals surface area contributed by atoms with Gasteiger partial charge in [-0.1, -0.05) is 51.8 Å². The fraction of sp³-hybridized carbons (Fsp3) is 0.643. The van der Waals surface area contributed by atoms with Gasteiger partial charge in [-0.05, 0) is 19.8 Å². The minimum absolute atomic E-state index is 0.161. The van der Waals surface area contributed by atoms with Crippen LogP contribution in [0.4, 0.5) is 0 Å². The van der Waals surface area contributed by atoms with Gasteiger partial charge in [-0.15, -0.1) is 0 Å². The molecule has 2 nitrogen and oxygen atoms in total. The summed E-state index contributed by atoms with van der Waals surface area (Å²) in [5, 5.41) is 0. The molecule has 0 N–H and O–H groups in total. The van der Waals surface area contributed by atoms with Gasteiger partial charge in [0.05, 0.1) is 0 Å². The maximum atomic E-state index is 11.3. The molecule has 0 fully saturated rings. The molecule has 0 aromatic carbocycles. The first kappa shape index (κ1) is 14.9. The van der Waals surface area contributed by atoms with Gasteiger partial charge in [0.1, 0.15) is 6.10 Å². The third-order valence-corrected chi connectivity index (χ3v) is 2.46. The van der Waals surface area contributed by atoms with Gasteiger partial charge in [0.25, 0.3) is 0 Å². The molecule has 0 aromatic heterocycles. The van der Waals surface area contributed by atoms with Crippen molar-refractivity contribution in [2.75, 3.05) is 0 Å². The molecular weight excluding hydrogens is 200 g/mol. The molecule has 0 spiro atoms. The molecule has 0 bridgehead atoms. The van der Waals surface area contributed by atoms with Crippen molar-refractivity contribution in [2.24, 2.45) is 0 Å². The van der Waals surface area contributed by atoms with E-state index < -0.39 is 0 Å². The molecule has 1 unspecified atom stereocenters. The summed E-state index contributed by atoms with van der Waals surface area (Å²) in [6, 6.07) is 0. The number of hydrogen-bond acceptors (Lipinski definition) is 2. The minimum atomic E-state index is -0.321. The van der Waals surface area contributed by atoms with Gasteiger partial charge in [-0.25, -0.2) is 4.79 Å². The Bertz CT molecular complexity index is 231. The van der Waals surface area contributed by atoms with Crippen LogP contribution in [-0.4, -0.2) is 12.1 Å². The van der Waals surface area contributed by atoms with Gasteiger partial charge < -0.3 is 4.74 Å². The number of ether oxygens (including phenoxy) is 1. The molecule has 0 aliphatic carbocycles. The Morgan fingerprint density at radius 1 is 1.31 bits per heavy atom. The molecule has 0 radical (unpaired) electrons. The summed E-state index contributed by atoms with van der Waals surface area (Å²) >= 11 is 0. The fourth-order valence-electron chi connectivity index (χ4n) is 1.41. The molecule has 0 aromatic rings. The van der Waals surface area contributed by atoms with Crippen molar-refractivity contribution in [3.05, 3.63) is 24.8 Å². The molecule has 2 heteroatoms. The van der Waals surface area contributed by atoms with Gasteiger partial charge in [0.2, 0.25) is 0 Å². The largest absolute Gasteiger partial charge is 0.455 e. The number of carbonyl (C=O) groups excluding carboxylic acids is 1. The summed E-state index contributed by atoms with van der Waals surface area (Å²) in [6.07, 6.45) is 8.47. The van der Waals surface area contributed by atoms with E-state index in [0.717, 1.165) is 12.8 Å². The van der Waals surface area contributed by atoms with Crippen molar-refractivity contribution >= 4 is 5.97 Å². The summed E-state index contributed by atoms with van der Waals surface area (Å²) in [4.78, 5) is 11.3. The highest BCUT2D eigenvalue weighted by Gasteiger charge is 2.10. The molecule has 0 aliphatic rings. The van der Waals surface area contributed by atoms with Crippen LogP contribution in [0.1, 0.15) is 52.4 Å². The predicted molar refractivity (Wildman–Crippen MR) is 68.3 cm³/mol. The lowest BCUT2D eigenvalue weighted by Gasteiger charge is -2.13. The Hall–Kier alpha value is -1.05. The predicted octanol–water partition coefficient (Wildman–Crippen LogP) is 4.02. The second-order valence-electron chi connectivity index (χ2n) is 4.16. The average Bonchev–Trinajstić information content (AvgIpc) is 2.26. The van der Waals surface area contributed by atoms with Crippen LogP contribution < -0.4 is 0 Å². The average molecular weight is 224 g/mol. The SMILES string of the molecule is C=CC(CCCCCCC)OC(=O)C(=C)C. The lowest BCUT2D eigenvalue weighted by molar-refractivity contribution is -0.142. The smallest absolute Gasteiger partial charge is 0.333 e. The number of unbranched alkanes of at least 4 members (excludes halogenated alkanes) is 4. The zero-order valence-electron chi connectivity index (χ0n) is 10.6. The molecular formula is C14H24O2. The topological polar surface area (TPSA) is 26.3 Å². The molecule has 0 aliphatic heterocycles. The van der Waals surface area contributed by atoms with E-state index in [1.165, 1.54) is 25.7 Å². The van der Waals surface area contributed by atoms with Crippen molar-refractivity contribution < 1.29 is 9.53 Å². The molecule has 1 atom stereocenters. The van der Waals surface area contributed by atoms with Crippen LogP contribution in [0.3, 0.4) is 0 Å². The monoisotopic (exact) mass is 224 g/mol. The Labute approximate surface area is 99.4 Å². The van der Waals surface area contributed by atoms with E-state index in [1.54, 1.807) is 13.0 Å². The maximum Gasteiger partial charge on any atom is 0.333 e. The van der Waals surface area contributed by atoms with Crippen molar-refractivity contribution in [2.45, 2.75) is 58.5 Å². The number of esters is 1. The Morgan fingerprint density at radius 2 is 1.94 bits per heavy atom. The van der Waals surface area contributed by atoms with Crippen LogP contribution in [-0.2, 0) is 9.53 Å². The summed E-state index contributed by atoms with van der Waals surface area (Å²) < 4.78 is 5.21. The van der Waals surface area contributed by atoms with Crippen LogP contribution in [0.25, 0.3) is 0 Å². The first-order valence-corrected chi connectivity index (χ1v) is 6.10. The molecule has 0 rings (SSSR count). The van der Waals surface area contributed by atoms with Crippen LogP contribution >= 0.6 is 0 Å². The Kier molecular flexibility index (Phi) is 8.59. The number of carbonyl (C=O) groups is 1. The third kappa shape index (κ3) is 7.27. The van der Waals surface area contributed by atoms with Crippen LogP contribution in [0.2, 0.25) is 0 Å². The van der Waals surface area contributed by atoms with E-state index in [-0.39, 0.29) is 12.1 Å². The van der Waals surface area contributed by atoms with E-state index >= 15 is 0 Å². The zero-order valence-corrected chi connectivity index (χ0v) is 10.6. The first-order chi connectivity index (χ1) is 7.61. The van der Waals surface area contributed by atoms with Gasteiger partial charge >= 0.3 is 5.97 Å². The highest BCUT2D eigenvalue weighted by atomic mass is 16.5. The van der Waals surface area contributed by atoms with Gasteiger partial charge in [-0.2, -0.15) is 0 Å². The quantitative estimate of drug-likeness (QED) is 0.256. The molecule has 0 saturated heterocycles. The fourth-order valence-corrected chi connectivity index (χ4v) is 1.41. The van der Waals surface area contributed by atoms with Crippen LogP contribution in [0, 0.1) is 0 Å². The highest BCUT2D eigenvalue weighted by molar-refractivity contribution is 5.87. The van der Waals surface area contributed by atoms with E-state index in [4.69, 9.17) is 4.74 Å². The van der Waals surface area contributed by atoms with E-state index in [1.807, 2.05) is 0 Å². The Morgan fingerprint density at radius 3 is 2.44 bits per heavy atom. The van der Waals surface area contributed by atoms with Gasteiger partial charge in [-0.3, -0.25) is 0 Å². The normalized spacial score (nSPS) is 11.9. The van der Waals surface area contributed by atoms with Crippen molar-refractivity contribution in [3.63, 3.8) is 0 Å². The van der Waals surface area contributed by atoms with Gasteiger partial charge in [0, 0.05) is 5.57 Å². The van der Waals surface area contributed by atoms with Crippen LogP contribution in [0.15, 0.2) is 24.8 Å². The summed E-state index contributed by atoms with van der Waals surface area (Å²) in [5.74, 6) is -0.321. The molecule has 0 saturated carbocycles. The summed E-state index contributed by atoms with van der Waals surface area (Å²) in [5.41, 5.74) is 0.442. The van der Waals surface area contributed by atoms with Crippen LogP contribution in [0.5, 0.6) is 0 Å². The third-order valence-electron chi connectivity index (χ3n) is 2.46. The lowest BCUT2D eigenvalue weighted by atomic mass is 10.1. The summed E-state index contributed by atoms with van der Waals surface area (Å²) in [7, 11) is 0. The van der Waals surface area contributed by atoms with Crippen molar-refractivity contribution in [3.8, 4) is 0 Å². The molecule has 0 heterocycles. The molecule has 16 heavy (non-hydrogen) atoms. The standard InChI is InChI=1S/C14H24O2/c1-5-7-8-9-10-11-13(6-2)16-14(15)12(3)4/h6,13H,2-3,5,7-11H2,1,4H3. The van der Waals surface area contributed by atoms with Gasteiger partial charge in [0.15, 0.2) is 0 Å². The number of hydrogen-bond donors (Lipinski definition) is 0. The summed E-state index contributed by atoms with van der Waals surface area (Å²) in [6.45, 7) is 11.1. The van der Waals surface area contributed by atoms with Crippen molar-refractivity contribution in [1.82, 2.24) is 0 Å². The van der Waals surface area contributed by atoms with E-state index in [0.29, 0.717) is 5.57 Å².